The fourth-order valence-electron chi connectivity index (χ4n) is 3.77. The summed E-state index contributed by atoms with van der Waals surface area (Å²) in [5, 5.41) is 2.96. The molecule has 0 unspecified atom stereocenters. The molecule has 136 valence electrons. The van der Waals surface area contributed by atoms with Crippen LogP contribution in [0, 0.1) is 0 Å². The third-order valence-electron chi connectivity index (χ3n) is 4.85. The molecule has 0 spiro atoms. The van der Waals surface area contributed by atoms with E-state index >= 15 is 0 Å². The average Bonchev–Trinajstić information content (AvgIpc) is 3.29. The molecule has 4 rings (SSSR count). The van der Waals surface area contributed by atoms with Gasteiger partial charge in [-0.05, 0) is 60.8 Å². The maximum Gasteiger partial charge on any atom is 0.329 e. The van der Waals surface area contributed by atoms with E-state index in [1.807, 2.05) is 0 Å². The van der Waals surface area contributed by atoms with Crippen molar-refractivity contribution < 1.29 is 13.6 Å². The van der Waals surface area contributed by atoms with Gasteiger partial charge in [-0.25, -0.2) is 18.6 Å². The van der Waals surface area contributed by atoms with Crippen molar-refractivity contribution in [2.45, 2.75) is 50.0 Å². The van der Waals surface area contributed by atoms with Crippen LogP contribution in [0.4, 0.5) is 19.3 Å². The first kappa shape index (κ1) is 17.2. The maximum atomic E-state index is 13.0. The number of anilines is 1. The number of halogens is 2. The number of amides is 2. The highest BCUT2D eigenvalue weighted by Gasteiger charge is 2.25. The molecular weight excluding hydrogens is 358 g/mol. The Morgan fingerprint density at radius 1 is 1.04 bits per heavy atom. The minimum atomic E-state index is -2.74. The molecule has 2 aliphatic rings. The molecule has 0 saturated carbocycles. The predicted octanol–water partition coefficient (Wildman–Crippen LogP) is 4.22. The summed E-state index contributed by atoms with van der Waals surface area (Å²) >= 11 is 0.754. The second-order valence-corrected chi connectivity index (χ2v) is 7.23. The molecule has 8 heteroatoms. The zero-order valence-electron chi connectivity index (χ0n) is 14.0. The molecule has 0 fully saturated rings. The lowest BCUT2D eigenvalue weighted by molar-refractivity contribution is 0.141. The van der Waals surface area contributed by atoms with Crippen LogP contribution in [0.25, 0.3) is 0 Å². The summed E-state index contributed by atoms with van der Waals surface area (Å²) in [5.74, 6) is 0. The number of urea groups is 1. The number of hydrogen-bond donors (Lipinski definition) is 2. The van der Waals surface area contributed by atoms with E-state index in [1.54, 1.807) is 0 Å². The Labute approximate surface area is 154 Å². The molecule has 0 bridgehead atoms. The fourth-order valence-corrected chi connectivity index (χ4v) is 4.37. The molecule has 5 nitrogen and oxygen atoms in total. The molecule has 1 aromatic heterocycles. The van der Waals surface area contributed by atoms with Crippen molar-refractivity contribution in [2.24, 2.45) is 0 Å². The minimum Gasteiger partial charge on any atom is -0.307 e. The van der Waals surface area contributed by atoms with Crippen molar-refractivity contribution in [3.8, 4) is 0 Å². The number of carbonyl (C=O) groups excluding carboxylic acids is 1. The van der Waals surface area contributed by atoms with E-state index < -0.39 is 18.2 Å². The highest BCUT2D eigenvalue weighted by Crippen LogP contribution is 2.38. The number of aromatic nitrogens is 2. The summed E-state index contributed by atoms with van der Waals surface area (Å²) in [5.41, 5.74) is 5.57. The Morgan fingerprint density at radius 3 is 2.35 bits per heavy atom. The second-order valence-electron chi connectivity index (χ2n) is 6.44. The first-order chi connectivity index (χ1) is 12.6. The van der Waals surface area contributed by atoms with E-state index in [4.69, 9.17) is 0 Å². The summed E-state index contributed by atoms with van der Waals surface area (Å²) in [6, 6.07) is 1.85. The van der Waals surface area contributed by atoms with Gasteiger partial charge in [0, 0.05) is 30.0 Å². The summed E-state index contributed by atoms with van der Waals surface area (Å²) < 4.78 is 28.5. The standard InChI is InChI=1S/C18H18F2N4OS/c19-16(20)15-17(22-8-7-21-15)26-24-18(25)23-14-12-5-1-3-10(12)9-11-4-2-6-13(11)14/h7-9,16H,1-6H2,(H2,23,24,25). The van der Waals surface area contributed by atoms with E-state index in [2.05, 4.69) is 26.1 Å². The van der Waals surface area contributed by atoms with Gasteiger partial charge in [0.15, 0.2) is 0 Å². The topological polar surface area (TPSA) is 66.9 Å². The van der Waals surface area contributed by atoms with Crippen LogP contribution in [0.3, 0.4) is 0 Å². The summed E-state index contributed by atoms with van der Waals surface area (Å²) in [6.07, 6.45) is 6.01. The first-order valence-corrected chi connectivity index (χ1v) is 9.44. The minimum absolute atomic E-state index is 0.00108. The zero-order valence-corrected chi connectivity index (χ0v) is 14.8. The molecule has 1 aromatic carbocycles. The van der Waals surface area contributed by atoms with Crippen LogP contribution in [-0.2, 0) is 25.7 Å². The third kappa shape index (κ3) is 3.25. The Balaban J connectivity index is 1.50. The Kier molecular flexibility index (Phi) is 4.76. The van der Waals surface area contributed by atoms with Crippen molar-refractivity contribution in [1.29, 1.82) is 0 Å². The van der Waals surface area contributed by atoms with Crippen LogP contribution in [0.15, 0.2) is 23.5 Å². The van der Waals surface area contributed by atoms with Crippen LogP contribution in [0.5, 0.6) is 0 Å². The molecule has 1 heterocycles. The van der Waals surface area contributed by atoms with Crippen molar-refractivity contribution in [2.75, 3.05) is 5.32 Å². The van der Waals surface area contributed by atoms with Gasteiger partial charge in [-0.2, -0.15) is 0 Å². The summed E-state index contributed by atoms with van der Waals surface area (Å²) in [7, 11) is 0. The lowest BCUT2D eigenvalue weighted by Gasteiger charge is -2.16. The highest BCUT2D eigenvalue weighted by molar-refractivity contribution is 7.97. The zero-order chi connectivity index (χ0) is 18.1. The molecule has 2 aliphatic carbocycles. The van der Waals surface area contributed by atoms with Crippen LogP contribution in [0.2, 0.25) is 0 Å². The predicted molar refractivity (Wildman–Crippen MR) is 95.5 cm³/mol. The van der Waals surface area contributed by atoms with E-state index in [9.17, 15) is 13.6 Å². The molecule has 0 atom stereocenters. The number of nitrogens with one attached hydrogen (secondary N) is 2. The number of carbonyl (C=O) groups is 1. The quantitative estimate of drug-likeness (QED) is 0.784. The van der Waals surface area contributed by atoms with Crippen molar-refractivity contribution in [1.82, 2.24) is 14.7 Å². The molecule has 0 aliphatic heterocycles. The van der Waals surface area contributed by atoms with Gasteiger partial charge in [0.2, 0.25) is 0 Å². The van der Waals surface area contributed by atoms with Crippen LogP contribution < -0.4 is 10.0 Å². The molecular formula is C18H18F2N4OS. The number of aryl methyl sites for hydroxylation is 2. The third-order valence-corrected chi connectivity index (χ3v) is 5.65. The Bertz CT molecular complexity index is 827. The van der Waals surface area contributed by atoms with Gasteiger partial charge in [0.05, 0.1) is 0 Å². The molecule has 2 amide bonds. The summed E-state index contributed by atoms with van der Waals surface area (Å²) in [6.45, 7) is 0. The number of nitrogens with zero attached hydrogens (tertiary/aromatic N) is 2. The number of fused-ring (bicyclic) bond motifs is 2. The van der Waals surface area contributed by atoms with Crippen LogP contribution in [-0.4, -0.2) is 16.0 Å². The van der Waals surface area contributed by atoms with Gasteiger partial charge in [-0.1, -0.05) is 6.07 Å². The second kappa shape index (κ2) is 7.19. The normalized spacial score (nSPS) is 15.0. The molecule has 2 N–H and O–H groups in total. The van der Waals surface area contributed by atoms with E-state index in [0.29, 0.717) is 0 Å². The lowest BCUT2D eigenvalue weighted by atomic mass is 9.99. The van der Waals surface area contributed by atoms with Gasteiger partial charge in [0.1, 0.15) is 10.7 Å². The average molecular weight is 376 g/mol. The van der Waals surface area contributed by atoms with Crippen molar-refractivity contribution >= 4 is 23.7 Å². The number of hydrogen-bond acceptors (Lipinski definition) is 4. The smallest absolute Gasteiger partial charge is 0.307 e. The van der Waals surface area contributed by atoms with Gasteiger partial charge in [-0.3, -0.25) is 9.71 Å². The highest BCUT2D eigenvalue weighted by atomic mass is 32.2. The van der Waals surface area contributed by atoms with E-state index in [0.717, 1.165) is 56.2 Å². The maximum absolute atomic E-state index is 13.0. The van der Waals surface area contributed by atoms with E-state index in [1.165, 1.54) is 34.6 Å². The largest absolute Gasteiger partial charge is 0.329 e. The van der Waals surface area contributed by atoms with Crippen LogP contribution >= 0.6 is 11.9 Å². The van der Waals surface area contributed by atoms with Crippen LogP contribution in [0.1, 0.15) is 47.2 Å². The monoisotopic (exact) mass is 376 g/mol. The Hall–Kier alpha value is -2.22. The van der Waals surface area contributed by atoms with E-state index in [-0.39, 0.29) is 5.03 Å². The molecule has 2 aromatic rings. The van der Waals surface area contributed by atoms with Crippen molar-refractivity contribution in [3.63, 3.8) is 0 Å². The number of benzene rings is 1. The van der Waals surface area contributed by atoms with Gasteiger partial charge in [-0.15, -0.1) is 0 Å². The van der Waals surface area contributed by atoms with Gasteiger partial charge in [0.25, 0.3) is 6.43 Å². The molecule has 26 heavy (non-hydrogen) atoms. The fraction of sp³-hybridized carbons (Fsp3) is 0.389. The Morgan fingerprint density at radius 2 is 1.69 bits per heavy atom. The number of alkyl halides is 2. The lowest BCUT2D eigenvalue weighted by Crippen LogP contribution is -2.24. The summed E-state index contributed by atoms with van der Waals surface area (Å²) in [4.78, 5) is 19.9. The van der Waals surface area contributed by atoms with Crippen molar-refractivity contribution in [3.05, 3.63) is 46.4 Å². The van der Waals surface area contributed by atoms with Gasteiger partial charge < -0.3 is 5.32 Å². The first-order valence-electron chi connectivity index (χ1n) is 8.63. The number of rotatable bonds is 4. The molecule has 0 radical (unpaired) electrons. The van der Waals surface area contributed by atoms with Gasteiger partial charge >= 0.3 is 6.03 Å². The molecule has 0 saturated heterocycles. The SMILES string of the molecule is O=C(NSc1nccnc1C(F)F)Nc1c2c(cc3c1CCC3)CCC2.